The van der Waals surface area contributed by atoms with E-state index in [0.717, 1.165) is 18.6 Å². The lowest BCUT2D eigenvalue weighted by molar-refractivity contribution is -0.192. The molecule has 3 fully saturated rings. The molecular weight excluding hydrogens is 522 g/mol. The van der Waals surface area contributed by atoms with E-state index >= 15 is 0 Å². The standard InChI is InChI=1S/C27H33ClF2N2O4S/c1-15(2)32(16(3)4)14-27(34)18-10-19(27)12-21(11-18)37(35,36)25-9-17(5-7-22(25)28)26(33)31-20-6-8-23(29)24(30)13-20/h5-9,13,15-16,18-19,21,34H,10-12,14H2,1-4H3,(H,31,33). The van der Waals surface area contributed by atoms with Crippen molar-refractivity contribution in [3.63, 3.8) is 0 Å². The van der Waals surface area contributed by atoms with E-state index in [9.17, 15) is 27.1 Å². The second-order valence-electron chi connectivity index (χ2n) is 10.8. The predicted octanol–water partition coefficient (Wildman–Crippen LogP) is 5.29. The first-order chi connectivity index (χ1) is 17.2. The van der Waals surface area contributed by atoms with E-state index in [0.29, 0.717) is 19.4 Å². The molecule has 2 bridgehead atoms. The molecule has 3 aliphatic rings. The predicted molar refractivity (Wildman–Crippen MR) is 139 cm³/mol. The average molecular weight is 555 g/mol. The Labute approximate surface area is 221 Å². The van der Waals surface area contributed by atoms with Gasteiger partial charge < -0.3 is 10.4 Å². The van der Waals surface area contributed by atoms with Crippen LogP contribution in [0.25, 0.3) is 0 Å². The number of nitrogens with zero attached hydrogens (tertiary/aromatic N) is 1. The fraction of sp³-hybridized carbons (Fsp3) is 0.519. The summed E-state index contributed by atoms with van der Waals surface area (Å²) >= 11 is 6.29. The number of anilines is 1. The fourth-order valence-corrected chi connectivity index (χ4v) is 8.24. The molecule has 2 atom stereocenters. The Morgan fingerprint density at radius 2 is 1.68 bits per heavy atom. The maximum atomic E-state index is 13.6. The first-order valence-electron chi connectivity index (χ1n) is 12.5. The van der Waals surface area contributed by atoms with Gasteiger partial charge >= 0.3 is 0 Å². The van der Waals surface area contributed by atoms with Crippen LogP contribution in [-0.4, -0.2) is 53.8 Å². The summed E-state index contributed by atoms with van der Waals surface area (Å²) in [6.07, 6.45) is 1.43. The second kappa shape index (κ2) is 10.2. The van der Waals surface area contributed by atoms with Gasteiger partial charge in [-0.05, 0) is 89.1 Å². The van der Waals surface area contributed by atoms with Gasteiger partial charge in [0.25, 0.3) is 5.91 Å². The first-order valence-corrected chi connectivity index (χ1v) is 14.4. The monoisotopic (exact) mass is 554 g/mol. The minimum absolute atomic E-state index is 0.00433. The van der Waals surface area contributed by atoms with Gasteiger partial charge in [0, 0.05) is 35.9 Å². The molecule has 5 rings (SSSR count). The molecule has 0 spiro atoms. The summed E-state index contributed by atoms with van der Waals surface area (Å²) in [5.41, 5.74) is -0.863. The van der Waals surface area contributed by atoms with Crippen LogP contribution in [0.15, 0.2) is 41.3 Å². The van der Waals surface area contributed by atoms with Crippen LogP contribution in [0.2, 0.25) is 5.02 Å². The normalized spacial score (nSPS) is 25.4. The molecule has 3 saturated carbocycles. The van der Waals surface area contributed by atoms with Crippen LogP contribution in [0.4, 0.5) is 14.5 Å². The van der Waals surface area contributed by atoms with Crippen molar-refractivity contribution in [1.82, 2.24) is 4.90 Å². The van der Waals surface area contributed by atoms with Crippen molar-refractivity contribution < 1.29 is 27.1 Å². The van der Waals surface area contributed by atoms with Crippen LogP contribution in [0.1, 0.15) is 57.3 Å². The fourth-order valence-electron chi connectivity index (χ4n) is 5.84. The molecule has 0 heterocycles. The third-order valence-electron chi connectivity index (χ3n) is 7.96. The van der Waals surface area contributed by atoms with Crippen molar-refractivity contribution in [2.45, 2.75) is 74.8 Å². The van der Waals surface area contributed by atoms with Gasteiger partial charge in [-0.1, -0.05) is 11.6 Å². The highest BCUT2D eigenvalue weighted by Gasteiger charge is 2.60. The van der Waals surface area contributed by atoms with Crippen molar-refractivity contribution in [3.8, 4) is 0 Å². The molecular formula is C27H33ClF2N2O4S. The number of fused-ring (bicyclic) bond motifs is 2. The molecule has 0 saturated heterocycles. The number of amides is 1. The van der Waals surface area contributed by atoms with Gasteiger partial charge in [-0.25, -0.2) is 17.2 Å². The van der Waals surface area contributed by atoms with Crippen molar-refractivity contribution in [1.29, 1.82) is 0 Å². The van der Waals surface area contributed by atoms with Crippen molar-refractivity contribution >= 4 is 33.0 Å². The van der Waals surface area contributed by atoms with Crippen LogP contribution in [0.3, 0.4) is 0 Å². The zero-order valence-electron chi connectivity index (χ0n) is 21.3. The number of aliphatic hydroxyl groups is 1. The molecule has 2 aromatic rings. The number of hydrogen-bond donors (Lipinski definition) is 2. The number of halogens is 3. The van der Waals surface area contributed by atoms with Crippen LogP contribution in [0, 0.1) is 23.5 Å². The third-order valence-corrected chi connectivity index (χ3v) is 10.6. The zero-order valence-corrected chi connectivity index (χ0v) is 22.9. The SMILES string of the molecule is CC(C)N(CC1(O)C2CC1CC(S(=O)(=O)c1cc(C(=O)Nc3ccc(F)c(F)c3)ccc1Cl)C2)C(C)C. The largest absolute Gasteiger partial charge is 0.388 e. The molecule has 37 heavy (non-hydrogen) atoms. The van der Waals surface area contributed by atoms with Crippen LogP contribution >= 0.6 is 11.6 Å². The Hall–Kier alpha value is -2.07. The highest BCUT2D eigenvalue weighted by atomic mass is 35.5. The maximum absolute atomic E-state index is 13.6. The molecule has 202 valence electrons. The van der Waals surface area contributed by atoms with Gasteiger partial charge in [0.1, 0.15) is 0 Å². The number of sulfone groups is 1. The summed E-state index contributed by atoms with van der Waals surface area (Å²) in [5, 5.41) is 13.2. The average Bonchev–Trinajstić information content (AvgIpc) is 2.84. The van der Waals surface area contributed by atoms with Crippen molar-refractivity contribution in [2.24, 2.45) is 11.8 Å². The van der Waals surface area contributed by atoms with E-state index in [1.165, 1.54) is 24.3 Å². The van der Waals surface area contributed by atoms with E-state index in [-0.39, 0.29) is 45.1 Å². The van der Waals surface area contributed by atoms with Gasteiger partial charge in [-0.3, -0.25) is 9.69 Å². The third kappa shape index (κ3) is 5.28. The molecule has 0 aromatic heterocycles. The van der Waals surface area contributed by atoms with Crippen molar-refractivity contribution in [3.05, 3.63) is 58.6 Å². The summed E-state index contributed by atoms with van der Waals surface area (Å²) in [4.78, 5) is 14.8. The summed E-state index contributed by atoms with van der Waals surface area (Å²) in [6.45, 7) is 8.85. The number of hydrogen-bond acceptors (Lipinski definition) is 5. The topological polar surface area (TPSA) is 86.7 Å². The summed E-state index contributed by atoms with van der Waals surface area (Å²) < 4.78 is 54.0. The number of benzene rings is 2. The van der Waals surface area contributed by atoms with E-state index < -0.39 is 38.2 Å². The molecule has 1 amide bonds. The molecule has 2 aromatic carbocycles. The van der Waals surface area contributed by atoms with Gasteiger partial charge in [-0.2, -0.15) is 0 Å². The lowest BCUT2D eigenvalue weighted by atomic mass is 9.53. The molecule has 0 aliphatic heterocycles. The lowest BCUT2D eigenvalue weighted by Crippen LogP contribution is -2.67. The highest BCUT2D eigenvalue weighted by molar-refractivity contribution is 7.92. The number of rotatable bonds is 8. The van der Waals surface area contributed by atoms with Crippen LogP contribution in [0.5, 0.6) is 0 Å². The zero-order chi connectivity index (χ0) is 27.3. The summed E-state index contributed by atoms with van der Waals surface area (Å²) in [7, 11) is -3.89. The minimum Gasteiger partial charge on any atom is -0.388 e. The summed E-state index contributed by atoms with van der Waals surface area (Å²) in [6, 6.07) is 7.39. The molecule has 2 unspecified atom stereocenters. The molecule has 10 heteroatoms. The van der Waals surface area contributed by atoms with E-state index in [2.05, 4.69) is 37.9 Å². The lowest BCUT2D eigenvalue weighted by Gasteiger charge is -2.60. The maximum Gasteiger partial charge on any atom is 0.255 e. The molecule has 6 nitrogen and oxygen atoms in total. The number of carbonyl (C=O) groups is 1. The molecule has 0 radical (unpaired) electrons. The Morgan fingerprint density at radius 1 is 1.05 bits per heavy atom. The Bertz CT molecular complexity index is 1280. The molecule has 2 N–H and O–H groups in total. The molecule has 3 aliphatic carbocycles. The van der Waals surface area contributed by atoms with Crippen LogP contribution < -0.4 is 5.32 Å². The van der Waals surface area contributed by atoms with Gasteiger partial charge in [0.2, 0.25) is 0 Å². The quantitative estimate of drug-likeness (QED) is 0.463. The van der Waals surface area contributed by atoms with E-state index in [1.807, 2.05) is 0 Å². The van der Waals surface area contributed by atoms with Gasteiger partial charge in [0.05, 0.1) is 20.8 Å². The minimum atomic E-state index is -3.89. The number of nitrogens with one attached hydrogen (secondary N) is 1. The summed E-state index contributed by atoms with van der Waals surface area (Å²) in [5.74, 6) is -3.11. The first kappa shape index (κ1) is 28.0. The smallest absolute Gasteiger partial charge is 0.255 e. The van der Waals surface area contributed by atoms with Gasteiger partial charge in [0.15, 0.2) is 21.5 Å². The van der Waals surface area contributed by atoms with Crippen LogP contribution in [-0.2, 0) is 9.84 Å². The van der Waals surface area contributed by atoms with Crippen molar-refractivity contribution in [2.75, 3.05) is 11.9 Å². The number of carbonyl (C=O) groups excluding carboxylic acids is 1. The highest BCUT2D eigenvalue weighted by Crippen LogP contribution is 2.56. The Morgan fingerprint density at radius 3 is 2.24 bits per heavy atom. The Balaban J connectivity index is 1.52. The van der Waals surface area contributed by atoms with E-state index in [4.69, 9.17) is 11.6 Å². The van der Waals surface area contributed by atoms with E-state index in [1.54, 1.807) is 0 Å². The second-order valence-corrected chi connectivity index (χ2v) is 13.5. The van der Waals surface area contributed by atoms with Gasteiger partial charge in [-0.15, -0.1) is 0 Å². The Kier molecular flexibility index (Phi) is 7.74.